The number of aryl methyl sites for hydroxylation is 1. The van der Waals surface area contributed by atoms with Crippen LogP contribution in [0.4, 0.5) is 20.3 Å². The molecule has 3 saturated heterocycles. The van der Waals surface area contributed by atoms with Crippen molar-refractivity contribution in [1.82, 2.24) is 59.3 Å². The number of nitrogens with zero attached hydrogens (tertiary/aromatic N) is 14. The second-order valence-corrected chi connectivity index (χ2v) is 18.7. The van der Waals surface area contributed by atoms with E-state index in [4.69, 9.17) is 29.2 Å². The number of morpholine rings is 1. The number of piperazine rings is 1. The lowest BCUT2D eigenvalue weighted by atomic mass is 10.1. The van der Waals surface area contributed by atoms with E-state index in [1.54, 1.807) is 70.5 Å². The molecule has 368 valence electrons. The smallest absolute Gasteiger partial charge is 0.166 e. The molecule has 11 rings (SSSR count). The van der Waals surface area contributed by atoms with Crippen LogP contribution in [0.25, 0.3) is 56.9 Å². The number of hydrogen-bond donors (Lipinski definition) is 0. The maximum absolute atomic E-state index is 14.9. The molecule has 3 fully saturated rings. The third-order valence-corrected chi connectivity index (χ3v) is 13.6. The number of pyridine rings is 2. The molecule has 0 radical (unpaired) electrons. The van der Waals surface area contributed by atoms with E-state index in [1.165, 1.54) is 26.4 Å². The molecule has 19 heteroatoms. The zero-order valence-corrected chi connectivity index (χ0v) is 40.7. The lowest BCUT2D eigenvalue weighted by Gasteiger charge is -2.44. The van der Waals surface area contributed by atoms with Crippen molar-refractivity contribution in [2.24, 2.45) is 0 Å². The van der Waals surface area contributed by atoms with Crippen LogP contribution < -0.4 is 19.3 Å². The van der Waals surface area contributed by atoms with Crippen molar-refractivity contribution in [3.05, 3.63) is 133 Å². The fourth-order valence-corrected chi connectivity index (χ4v) is 10.2. The minimum Gasteiger partial charge on any atom is -0.496 e. The number of rotatable bonds is 14. The fraction of sp³-hybridized carbons (Fsp3) is 0.321. The van der Waals surface area contributed by atoms with Crippen molar-refractivity contribution in [1.29, 1.82) is 0 Å². The number of halogens is 2. The third kappa shape index (κ3) is 9.33. The first-order valence-corrected chi connectivity index (χ1v) is 24.0. The highest BCUT2D eigenvalue weighted by atomic mass is 19.1. The highest BCUT2D eigenvalue weighted by molar-refractivity contribution is 5.69. The van der Waals surface area contributed by atoms with Gasteiger partial charge in [0.2, 0.25) is 0 Å². The first-order valence-electron chi connectivity index (χ1n) is 24.0. The Balaban J connectivity index is 0.761. The lowest BCUT2D eigenvalue weighted by molar-refractivity contribution is 0.00161. The molecule has 9 heterocycles. The zero-order valence-electron chi connectivity index (χ0n) is 40.7. The number of methoxy groups -OCH3 is 2. The Kier molecular flexibility index (Phi) is 12.8. The molecule has 72 heavy (non-hydrogen) atoms. The van der Waals surface area contributed by atoms with Crippen LogP contribution in [0.3, 0.4) is 0 Å². The van der Waals surface area contributed by atoms with Gasteiger partial charge in [-0.2, -0.15) is 10.2 Å². The summed E-state index contributed by atoms with van der Waals surface area (Å²) >= 11 is 0. The summed E-state index contributed by atoms with van der Waals surface area (Å²) in [5, 5.41) is 9.35. The third-order valence-electron chi connectivity index (χ3n) is 13.6. The summed E-state index contributed by atoms with van der Waals surface area (Å²) in [6.07, 6.45) is 12.7. The predicted molar refractivity (Wildman–Crippen MR) is 268 cm³/mol. The summed E-state index contributed by atoms with van der Waals surface area (Å²) in [6.45, 7) is 7.42. The quantitative estimate of drug-likeness (QED) is 0.107. The summed E-state index contributed by atoms with van der Waals surface area (Å²) in [5.41, 5.74) is 6.21. The molecule has 3 aliphatic rings. The molecule has 2 aromatic carbocycles. The van der Waals surface area contributed by atoms with E-state index in [0.717, 1.165) is 79.5 Å². The Morgan fingerprint density at radius 3 is 1.88 bits per heavy atom. The van der Waals surface area contributed by atoms with Gasteiger partial charge in [0.25, 0.3) is 0 Å². The van der Waals surface area contributed by atoms with Crippen molar-refractivity contribution in [2.45, 2.75) is 44.5 Å². The summed E-state index contributed by atoms with van der Waals surface area (Å²) in [7, 11) is 7.09. The van der Waals surface area contributed by atoms with Gasteiger partial charge in [-0.05, 0) is 100 Å². The van der Waals surface area contributed by atoms with Gasteiger partial charge in [-0.3, -0.25) is 4.90 Å². The minimum absolute atomic E-state index is 0.0217. The van der Waals surface area contributed by atoms with E-state index in [0.29, 0.717) is 59.8 Å². The second-order valence-electron chi connectivity index (χ2n) is 18.7. The maximum Gasteiger partial charge on any atom is 0.166 e. The first kappa shape index (κ1) is 46.6. The number of fused-ring (bicyclic) bond motifs is 2. The summed E-state index contributed by atoms with van der Waals surface area (Å²) < 4.78 is 50.7. The molecular weight excluding hydrogens is 919 g/mol. The molecule has 2 bridgehead atoms. The van der Waals surface area contributed by atoms with Crippen molar-refractivity contribution < 1.29 is 23.0 Å². The van der Waals surface area contributed by atoms with E-state index >= 15 is 0 Å². The van der Waals surface area contributed by atoms with Crippen LogP contribution in [-0.4, -0.2) is 145 Å². The van der Waals surface area contributed by atoms with Crippen molar-refractivity contribution >= 4 is 11.5 Å². The molecule has 0 N–H and O–H groups in total. The normalized spacial score (nSPS) is 18.0. The molecule has 0 saturated carbocycles. The molecule has 6 aromatic heterocycles. The molecule has 0 amide bonds. The second kappa shape index (κ2) is 19.8. The molecule has 3 unspecified atom stereocenters. The Hall–Kier alpha value is -7.74. The minimum atomic E-state index is -0.463. The number of benzene rings is 2. The van der Waals surface area contributed by atoms with Crippen LogP contribution in [0.15, 0.2) is 110 Å². The average molecular weight is 973 g/mol. The SMILES string of the molecule is COc1cccc(F)c1-c1nccc(-c2cnn(-c3cc(C)cc(N4CC5CCC(C4)N5CC4CN(c5ccc(-n6cc(-c7ccnc(-c8c(F)cccc8OC)n7)cn6)nc5CN(C)C)CCO4)n3)c2)n1. The van der Waals surface area contributed by atoms with Crippen LogP contribution in [0.5, 0.6) is 11.5 Å². The molecule has 8 aromatic rings. The topological polar surface area (TPSA) is 154 Å². The van der Waals surface area contributed by atoms with E-state index in [9.17, 15) is 8.78 Å². The van der Waals surface area contributed by atoms with Crippen LogP contribution >= 0.6 is 0 Å². The summed E-state index contributed by atoms with van der Waals surface area (Å²) in [4.78, 5) is 38.0. The Bertz CT molecular complexity index is 3240. The van der Waals surface area contributed by atoms with Gasteiger partial charge in [-0.15, -0.1) is 0 Å². The molecule has 0 aliphatic carbocycles. The van der Waals surface area contributed by atoms with Crippen LogP contribution in [-0.2, 0) is 11.3 Å². The molecule has 3 atom stereocenters. The highest BCUT2D eigenvalue weighted by Gasteiger charge is 2.42. The van der Waals surface area contributed by atoms with E-state index in [2.05, 4.69) is 63.8 Å². The molecule has 3 aliphatic heterocycles. The van der Waals surface area contributed by atoms with Crippen LogP contribution in [0.1, 0.15) is 24.1 Å². The van der Waals surface area contributed by atoms with Gasteiger partial charge in [-0.25, -0.2) is 48.0 Å². The number of ether oxygens (including phenoxy) is 3. The van der Waals surface area contributed by atoms with Crippen molar-refractivity contribution in [2.75, 3.05) is 77.4 Å². The molecule has 0 spiro atoms. The number of aromatic nitrogens is 10. The summed E-state index contributed by atoms with van der Waals surface area (Å²) in [5.74, 6) is 2.56. The maximum atomic E-state index is 14.9. The first-order chi connectivity index (χ1) is 35.1. The number of hydrogen-bond acceptors (Lipinski definition) is 15. The van der Waals surface area contributed by atoms with Crippen molar-refractivity contribution in [3.8, 4) is 68.4 Å². The van der Waals surface area contributed by atoms with Crippen LogP contribution in [0.2, 0.25) is 0 Å². The van der Waals surface area contributed by atoms with Crippen LogP contribution in [0, 0.1) is 18.6 Å². The molecular formula is C53H54F2N14O3. The van der Waals surface area contributed by atoms with Gasteiger partial charge in [0.15, 0.2) is 23.3 Å². The lowest BCUT2D eigenvalue weighted by Crippen LogP contribution is -2.58. The predicted octanol–water partition coefficient (Wildman–Crippen LogP) is 7.32. The van der Waals surface area contributed by atoms with Gasteiger partial charge >= 0.3 is 0 Å². The highest BCUT2D eigenvalue weighted by Crippen LogP contribution is 2.36. The average Bonchev–Trinajstić information content (AvgIpc) is 4.14. The fourth-order valence-electron chi connectivity index (χ4n) is 10.2. The van der Waals surface area contributed by atoms with Gasteiger partial charge in [0.1, 0.15) is 29.0 Å². The Morgan fingerprint density at radius 2 is 1.28 bits per heavy atom. The Morgan fingerprint density at radius 1 is 0.681 bits per heavy atom. The van der Waals surface area contributed by atoms with E-state index in [-0.39, 0.29) is 28.9 Å². The largest absolute Gasteiger partial charge is 0.496 e. The van der Waals surface area contributed by atoms with Gasteiger partial charge < -0.3 is 28.9 Å². The standard InChI is InChI=1S/C53H54F2N14O3/c1-33-22-48(63-49(23-33)69-27-35(25-59-69)42-17-19-57-53(62-42)51-40(55)9-7-11-46(51)71-5)66-28-36-12-13-37(29-66)67(36)31-38-30-65(20-21-72-38)44-14-15-47(60-43(44)32-64(2)3)68-26-34(24-58-68)41-16-18-56-52(61-41)50-39(54)8-6-10-45(50)70-4/h6-11,14-19,22-27,36-38H,12-13,20-21,28-32H2,1-5H3. The van der Waals surface area contributed by atoms with Gasteiger partial charge in [0.05, 0.1) is 73.2 Å². The zero-order chi connectivity index (χ0) is 49.5. The van der Waals surface area contributed by atoms with Gasteiger partial charge in [0, 0.05) is 87.3 Å². The Labute approximate surface area is 415 Å². The van der Waals surface area contributed by atoms with E-state index < -0.39 is 11.6 Å². The summed E-state index contributed by atoms with van der Waals surface area (Å²) in [6, 6.07) is 21.9. The monoisotopic (exact) mass is 972 g/mol. The molecule has 17 nitrogen and oxygen atoms in total. The van der Waals surface area contributed by atoms with E-state index in [1.807, 2.05) is 38.6 Å². The van der Waals surface area contributed by atoms with Crippen molar-refractivity contribution in [3.63, 3.8) is 0 Å². The van der Waals surface area contributed by atoms with Gasteiger partial charge in [-0.1, -0.05) is 12.1 Å². The number of anilines is 2.